The van der Waals surface area contributed by atoms with Gasteiger partial charge in [0.05, 0.1) is 5.69 Å². The van der Waals surface area contributed by atoms with Crippen molar-refractivity contribution in [3.63, 3.8) is 0 Å². The second-order valence-corrected chi connectivity index (χ2v) is 11.0. The topological polar surface area (TPSA) is 222 Å². The minimum Gasteiger partial charge on any atom is -0.308 e. The molecule has 0 saturated heterocycles. The molecular weight excluding hydrogens is 514 g/mol. The van der Waals surface area contributed by atoms with E-state index in [1.807, 2.05) is 0 Å². The molecule has 0 heterocycles. The molecule has 2 amide bonds. The SMILES string of the molecule is NS(=O)(=O)c1cc(S(N)(=O)=O)c(S(N)(=O)=O)cc1NC(=O)Nc1ccc(Br)cc1. The highest BCUT2D eigenvalue weighted by Crippen LogP contribution is 2.30. The standard InChI is InChI=1S/C13H14BrN5O7S3/c14-7-1-3-8(4-2-7)18-13(20)19-9-5-11(28(16,23)24)12(29(17,25)26)6-10(9)27(15,21)22/h1-6H,(H2,15,21,22)(H2,16,23,24)(H2,17,25,26)(H2,18,19,20). The summed E-state index contributed by atoms with van der Waals surface area (Å²) in [5.74, 6) is 0. The van der Waals surface area contributed by atoms with E-state index in [4.69, 9.17) is 15.4 Å². The minimum atomic E-state index is -4.71. The van der Waals surface area contributed by atoms with Gasteiger partial charge in [0.15, 0.2) is 0 Å². The molecule has 2 aromatic rings. The summed E-state index contributed by atoms with van der Waals surface area (Å²) in [6.45, 7) is 0. The van der Waals surface area contributed by atoms with Gasteiger partial charge in [-0.1, -0.05) is 15.9 Å². The maximum absolute atomic E-state index is 12.2. The first-order chi connectivity index (χ1) is 13.1. The molecule has 2 rings (SSSR count). The van der Waals surface area contributed by atoms with Crippen LogP contribution < -0.4 is 26.1 Å². The number of nitrogens with one attached hydrogen (secondary N) is 2. The Morgan fingerprint density at radius 3 is 1.62 bits per heavy atom. The van der Waals surface area contributed by atoms with Crippen molar-refractivity contribution in [2.45, 2.75) is 14.7 Å². The molecule has 0 fully saturated rings. The molecule has 29 heavy (non-hydrogen) atoms. The summed E-state index contributed by atoms with van der Waals surface area (Å²) >= 11 is 3.21. The summed E-state index contributed by atoms with van der Waals surface area (Å²) in [5, 5.41) is 19.5. The zero-order valence-electron chi connectivity index (χ0n) is 14.2. The van der Waals surface area contributed by atoms with E-state index in [2.05, 4.69) is 26.6 Å². The number of primary sulfonamides is 3. The van der Waals surface area contributed by atoms with Gasteiger partial charge in [0.25, 0.3) is 0 Å². The third-order valence-electron chi connectivity index (χ3n) is 3.32. The fourth-order valence-corrected chi connectivity index (χ4v) is 5.11. The third-order valence-corrected chi connectivity index (χ3v) is 6.83. The van der Waals surface area contributed by atoms with Crippen molar-refractivity contribution in [2.75, 3.05) is 10.6 Å². The average Bonchev–Trinajstić information content (AvgIpc) is 2.53. The number of sulfonamides is 3. The predicted molar refractivity (Wildman–Crippen MR) is 107 cm³/mol. The fraction of sp³-hybridized carbons (Fsp3) is 0. The van der Waals surface area contributed by atoms with Gasteiger partial charge in [-0.3, -0.25) is 0 Å². The number of amides is 2. The molecule has 0 atom stereocenters. The number of anilines is 2. The molecule has 0 saturated carbocycles. The third kappa shape index (κ3) is 5.95. The van der Waals surface area contributed by atoms with Crippen molar-refractivity contribution in [1.29, 1.82) is 0 Å². The lowest BCUT2D eigenvalue weighted by Crippen LogP contribution is -2.26. The quantitative estimate of drug-likeness (QED) is 0.358. The van der Waals surface area contributed by atoms with Gasteiger partial charge in [-0.15, -0.1) is 0 Å². The lowest BCUT2D eigenvalue weighted by Gasteiger charge is -2.15. The first-order valence-corrected chi connectivity index (χ1v) is 12.6. The van der Waals surface area contributed by atoms with E-state index in [-0.39, 0.29) is 0 Å². The zero-order valence-corrected chi connectivity index (χ0v) is 18.2. The Bertz CT molecular complexity index is 1290. The van der Waals surface area contributed by atoms with Gasteiger partial charge in [-0.25, -0.2) is 45.5 Å². The Morgan fingerprint density at radius 1 is 0.724 bits per heavy atom. The van der Waals surface area contributed by atoms with Crippen molar-refractivity contribution in [2.24, 2.45) is 15.4 Å². The number of halogens is 1. The first kappa shape index (κ1) is 23.2. The zero-order chi connectivity index (χ0) is 22.2. The van der Waals surface area contributed by atoms with Gasteiger partial charge in [0, 0.05) is 10.2 Å². The lowest BCUT2D eigenvalue weighted by atomic mass is 10.3. The summed E-state index contributed by atoms with van der Waals surface area (Å²) in [4.78, 5) is 9.19. The van der Waals surface area contributed by atoms with Crippen molar-refractivity contribution < 1.29 is 30.0 Å². The van der Waals surface area contributed by atoms with Crippen LogP contribution in [0.2, 0.25) is 0 Å². The number of carbonyl (C=O) groups excluding carboxylic acids is 1. The largest absolute Gasteiger partial charge is 0.323 e. The predicted octanol–water partition coefficient (Wildman–Crippen LogP) is 0.0353. The molecule has 0 aliphatic rings. The second-order valence-electron chi connectivity index (χ2n) is 5.52. The highest BCUT2D eigenvalue weighted by Gasteiger charge is 2.28. The van der Waals surface area contributed by atoms with Crippen LogP contribution in [0.3, 0.4) is 0 Å². The summed E-state index contributed by atoms with van der Waals surface area (Å²) in [7, 11) is -14.0. The fourth-order valence-electron chi connectivity index (χ4n) is 2.14. The molecule has 0 unspecified atom stereocenters. The van der Waals surface area contributed by atoms with Crippen molar-refractivity contribution in [3.8, 4) is 0 Å². The first-order valence-electron chi connectivity index (χ1n) is 7.19. The number of rotatable bonds is 5. The van der Waals surface area contributed by atoms with E-state index in [1.54, 1.807) is 12.1 Å². The van der Waals surface area contributed by atoms with Crippen molar-refractivity contribution in [1.82, 2.24) is 0 Å². The van der Waals surface area contributed by atoms with E-state index in [1.165, 1.54) is 12.1 Å². The van der Waals surface area contributed by atoms with E-state index in [9.17, 15) is 30.0 Å². The molecule has 0 aliphatic carbocycles. The molecule has 8 N–H and O–H groups in total. The number of hydrogen-bond donors (Lipinski definition) is 5. The molecular formula is C13H14BrN5O7S3. The van der Waals surface area contributed by atoms with Crippen LogP contribution in [-0.4, -0.2) is 31.3 Å². The number of hydrogen-bond acceptors (Lipinski definition) is 7. The molecule has 2 aromatic carbocycles. The van der Waals surface area contributed by atoms with Crippen molar-refractivity contribution in [3.05, 3.63) is 40.9 Å². The van der Waals surface area contributed by atoms with Gasteiger partial charge in [-0.05, 0) is 36.4 Å². The van der Waals surface area contributed by atoms with E-state index < -0.39 is 56.5 Å². The van der Waals surface area contributed by atoms with Crippen LogP contribution in [0.4, 0.5) is 16.2 Å². The van der Waals surface area contributed by atoms with Gasteiger partial charge in [0.2, 0.25) is 30.1 Å². The Hall–Kier alpha value is -2.08. The Kier molecular flexibility index (Phi) is 6.38. The van der Waals surface area contributed by atoms with Crippen molar-refractivity contribution >= 4 is 63.4 Å². The lowest BCUT2D eigenvalue weighted by molar-refractivity contribution is 0.262. The molecule has 0 aliphatic heterocycles. The average molecular weight is 528 g/mol. The van der Waals surface area contributed by atoms with Gasteiger partial charge >= 0.3 is 6.03 Å². The molecule has 0 radical (unpaired) electrons. The van der Waals surface area contributed by atoms with Crippen LogP contribution in [0.15, 0.2) is 55.6 Å². The van der Waals surface area contributed by atoms with Gasteiger partial charge in [-0.2, -0.15) is 0 Å². The maximum Gasteiger partial charge on any atom is 0.323 e. The maximum atomic E-state index is 12.2. The number of urea groups is 1. The normalized spacial score (nSPS) is 12.4. The van der Waals surface area contributed by atoms with Gasteiger partial charge < -0.3 is 10.6 Å². The molecule has 0 spiro atoms. The molecule has 0 bridgehead atoms. The minimum absolute atomic E-state index is 0.315. The molecule has 12 nitrogen and oxygen atoms in total. The van der Waals surface area contributed by atoms with Crippen LogP contribution in [0, 0.1) is 0 Å². The number of nitrogens with two attached hydrogens (primary N) is 3. The summed E-state index contributed by atoms with van der Waals surface area (Å²) in [6, 6.07) is 6.24. The van der Waals surface area contributed by atoms with E-state index in [0.29, 0.717) is 17.8 Å². The highest BCUT2D eigenvalue weighted by atomic mass is 79.9. The Labute approximate surface area is 174 Å². The van der Waals surface area contributed by atoms with Crippen LogP contribution in [0.25, 0.3) is 0 Å². The molecule has 16 heteroatoms. The van der Waals surface area contributed by atoms with Crippen LogP contribution in [0.1, 0.15) is 0 Å². The van der Waals surface area contributed by atoms with Gasteiger partial charge in [0.1, 0.15) is 14.7 Å². The molecule has 0 aromatic heterocycles. The van der Waals surface area contributed by atoms with E-state index in [0.717, 1.165) is 4.47 Å². The van der Waals surface area contributed by atoms with Crippen LogP contribution >= 0.6 is 15.9 Å². The monoisotopic (exact) mass is 527 g/mol. The second kappa shape index (κ2) is 7.98. The number of benzene rings is 2. The van der Waals surface area contributed by atoms with E-state index >= 15 is 0 Å². The Balaban J connectivity index is 2.60. The Morgan fingerprint density at radius 2 is 1.17 bits per heavy atom. The van der Waals surface area contributed by atoms with Crippen LogP contribution in [-0.2, 0) is 30.1 Å². The van der Waals surface area contributed by atoms with Crippen LogP contribution in [0.5, 0.6) is 0 Å². The number of carbonyl (C=O) groups is 1. The summed E-state index contributed by atoms with van der Waals surface area (Å²) in [5.41, 5.74) is -0.311. The summed E-state index contributed by atoms with van der Waals surface area (Å²) < 4.78 is 71.4. The summed E-state index contributed by atoms with van der Waals surface area (Å²) in [6.07, 6.45) is 0. The smallest absolute Gasteiger partial charge is 0.308 e. The highest BCUT2D eigenvalue weighted by molar-refractivity contribution is 9.10. The molecule has 158 valence electrons.